The summed E-state index contributed by atoms with van der Waals surface area (Å²) in [7, 11) is 0. The second-order valence-corrected chi connectivity index (χ2v) is 5.03. The standard InChI is InChI=1S/C15H24N2/c1-3-13(2)15(14-7-5-4-6-8-14)17-11-9-16-10-12-17/h4-8,13,15-16H,3,9-12H2,1-2H3/t13?,15-/m1/s1. The van der Waals surface area contributed by atoms with E-state index >= 15 is 0 Å². The molecule has 0 aliphatic carbocycles. The van der Waals surface area contributed by atoms with Crippen molar-refractivity contribution in [3.63, 3.8) is 0 Å². The number of piperazine rings is 1. The van der Waals surface area contributed by atoms with Gasteiger partial charge in [-0.2, -0.15) is 0 Å². The zero-order valence-electron chi connectivity index (χ0n) is 11.0. The minimum Gasteiger partial charge on any atom is -0.314 e. The smallest absolute Gasteiger partial charge is 0.0374 e. The van der Waals surface area contributed by atoms with Crippen LogP contribution in [-0.4, -0.2) is 31.1 Å². The molecule has 2 nitrogen and oxygen atoms in total. The average Bonchev–Trinajstić information content (AvgIpc) is 2.41. The molecule has 1 saturated heterocycles. The Kier molecular flexibility index (Phi) is 4.57. The van der Waals surface area contributed by atoms with Crippen molar-refractivity contribution >= 4 is 0 Å². The van der Waals surface area contributed by atoms with Crippen LogP contribution in [-0.2, 0) is 0 Å². The number of hydrogen-bond acceptors (Lipinski definition) is 2. The van der Waals surface area contributed by atoms with Crippen LogP contribution in [0, 0.1) is 5.92 Å². The van der Waals surface area contributed by atoms with Gasteiger partial charge in [-0.25, -0.2) is 0 Å². The molecule has 1 aliphatic rings. The maximum Gasteiger partial charge on any atom is 0.0374 e. The first-order valence-corrected chi connectivity index (χ1v) is 6.82. The summed E-state index contributed by atoms with van der Waals surface area (Å²) < 4.78 is 0. The third kappa shape index (κ3) is 3.08. The number of hydrogen-bond donors (Lipinski definition) is 1. The molecule has 1 aliphatic heterocycles. The van der Waals surface area contributed by atoms with Crippen molar-refractivity contribution in [3.05, 3.63) is 35.9 Å². The lowest BCUT2D eigenvalue weighted by Crippen LogP contribution is -2.46. The second-order valence-electron chi connectivity index (χ2n) is 5.03. The summed E-state index contributed by atoms with van der Waals surface area (Å²) in [5.74, 6) is 0.718. The van der Waals surface area contributed by atoms with Crippen molar-refractivity contribution in [1.82, 2.24) is 10.2 Å². The van der Waals surface area contributed by atoms with Gasteiger partial charge in [0, 0.05) is 32.2 Å². The van der Waals surface area contributed by atoms with Crippen molar-refractivity contribution in [1.29, 1.82) is 0 Å². The Morgan fingerprint density at radius 2 is 1.82 bits per heavy atom. The van der Waals surface area contributed by atoms with Gasteiger partial charge in [0.05, 0.1) is 0 Å². The summed E-state index contributed by atoms with van der Waals surface area (Å²) in [5.41, 5.74) is 1.48. The van der Waals surface area contributed by atoms with Crippen LogP contribution in [0.25, 0.3) is 0 Å². The van der Waals surface area contributed by atoms with Crippen molar-refractivity contribution < 1.29 is 0 Å². The van der Waals surface area contributed by atoms with Gasteiger partial charge in [-0.3, -0.25) is 4.90 Å². The molecule has 2 atom stereocenters. The Labute approximate surface area is 105 Å². The first kappa shape index (κ1) is 12.6. The van der Waals surface area contributed by atoms with Crippen LogP contribution in [0.3, 0.4) is 0 Å². The average molecular weight is 232 g/mol. The van der Waals surface area contributed by atoms with E-state index in [1.807, 2.05) is 0 Å². The third-order valence-electron chi connectivity index (χ3n) is 3.87. The Morgan fingerprint density at radius 1 is 1.18 bits per heavy atom. The predicted octanol–water partition coefficient (Wildman–Crippen LogP) is 2.68. The van der Waals surface area contributed by atoms with Gasteiger partial charge in [0.25, 0.3) is 0 Å². The predicted molar refractivity (Wildman–Crippen MR) is 73.1 cm³/mol. The molecule has 0 aromatic heterocycles. The number of nitrogens with one attached hydrogen (secondary N) is 1. The van der Waals surface area contributed by atoms with E-state index in [-0.39, 0.29) is 0 Å². The molecule has 0 radical (unpaired) electrons. The zero-order valence-corrected chi connectivity index (χ0v) is 11.0. The first-order chi connectivity index (χ1) is 8.33. The molecule has 1 fully saturated rings. The molecule has 0 spiro atoms. The van der Waals surface area contributed by atoms with E-state index < -0.39 is 0 Å². The molecule has 0 saturated carbocycles. The fraction of sp³-hybridized carbons (Fsp3) is 0.600. The molecule has 1 unspecified atom stereocenters. The first-order valence-electron chi connectivity index (χ1n) is 6.82. The Hall–Kier alpha value is -0.860. The fourth-order valence-corrected chi connectivity index (χ4v) is 2.73. The molecule has 94 valence electrons. The van der Waals surface area contributed by atoms with Crippen LogP contribution in [0.2, 0.25) is 0 Å². The second kappa shape index (κ2) is 6.18. The van der Waals surface area contributed by atoms with E-state index in [1.165, 1.54) is 25.1 Å². The zero-order chi connectivity index (χ0) is 12.1. The highest BCUT2D eigenvalue weighted by Gasteiger charge is 2.25. The quantitative estimate of drug-likeness (QED) is 0.858. The molecule has 1 N–H and O–H groups in total. The Bertz CT molecular complexity index is 317. The highest BCUT2D eigenvalue weighted by molar-refractivity contribution is 5.20. The maximum absolute atomic E-state index is 3.44. The van der Waals surface area contributed by atoms with E-state index in [9.17, 15) is 0 Å². The van der Waals surface area contributed by atoms with Crippen molar-refractivity contribution in [2.24, 2.45) is 5.92 Å². The molecule has 1 aromatic rings. The van der Waals surface area contributed by atoms with E-state index in [4.69, 9.17) is 0 Å². The molecule has 2 heteroatoms. The van der Waals surface area contributed by atoms with Crippen LogP contribution in [0.5, 0.6) is 0 Å². The van der Waals surface area contributed by atoms with E-state index in [1.54, 1.807) is 0 Å². The van der Waals surface area contributed by atoms with Gasteiger partial charge in [0.1, 0.15) is 0 Å². The summed E-state index contributed by atoms with van der Waals surface area (Å²) in [6, 6.07) is 11.6. The third-order valence-corrected chi connectivity index (χ3v) is 3.87. The molecule has 0 amide bonds. The van der Waals surface area contributed by atoms with Gasteiger partial charge in [0.15, 0.2) is 0 Å². The summed E-state index contributed by atoms with van der Waals surface area (Å²) >= 11 is 0. The van der Waals surface area contributed by atoms with Gasteiger partial charge in [-0.1, -0.05) is 50.6 Å². The Morgan fingerprint density at radius 3 is 2.41 bits per heavy atom. The minimum atomic E-state index is 0.586. The van der Waals surface area contributed by atoms with Gasteiger partial charge in [-0.15, -0.1) is 0 Å². The maximum atomic E-state index is 3.44. The summed E-state index contributed by atoms with van der Waals surface area (Å²) in [6.45, 7) is 9.26. The molecule has 2 rings (SSSR count). The lowest BCUT2D eigenvalue weighted by molar-refractivity contribution is 0.128. The van der Waals surface area contributed by atoms with Gasteiger partial charge in [0.2, 0.25) is 0 Å². The topological polar surface area (TPSA) is 15.3 Å². The number of benzene rings is 1. The van der Waals surface area contributed by atoms with Crippen LogP contribution in [0.1, 0.15) is 31.9 Å². The number of nitrogens with zero attached hydrogens (tertiary/aromatic N) is 1. The largest absolute Gasteiger partial charge is 0.314 e. The number of rotatable bonds is 4. The molecule has 17 heavy (non-hydrogen) atoms. The molecule has 1 aromatic carbocycles. The van der Waals surface area contributed by atoms with Gasteiger partial charge in [-0.05, 0) is 11.5 Å². The molecular formula is C15H24N2. The van der Waals surface area contributed by atoms with Crippen molar-refractivity contribution in [2.45, 2.75) is 26.3 Å². The van der Waals surface area contributed by atoms with Gasteiger partial charge < -0.3 is 5.32 Å². The monoisotopic (exact) mass is 232 g/mol. The normalized spacial score (nSPS) is 21.1. The Balaban J connectivity index is 2.18. The summed E-state index contributed by atoms with van der Waals surface area (Å²) in [4.78, 5) is 2.64. The highest BCUT2D eigenvalue weighted by atomic mass is 15.2. The van der Waals surface area contributed by atoms with Crippen molar-refractivity contribution in [3.8, 4) is 0 Å². The van der Waals surface area contributed by atoms with Gasteiger partial charge >= 0.3 is 0 Å². The summed E-state index contributed by atoms with van der Waals surface area (Å²) in [5, 5.41) is 3.44. The van der Waals surface area contributed by atoms with Crippen LogP contribution >= 0.6 is 0 Å². The molecule has 0 bridgehead atoms. The van der Waals surface area contributed by atoms with E-state index in [0.717, 1.165) is 19.0 Å². The molecular weight excluding hydrogens is 208 g/mol. The molecule has 1 heterocycles. The summed E-state index contributed by atoms with van der Waals surface area (Å²) in [6.07, 6.45) is 1.24. The SMILES string of the molecule is CCC(C)[C@H](c1ccccc1)N1CCNCC1. The van der Waals surface area contributed by atoms with Crippen LogP contribution in [0.4, 0.5) is 0 Å². The lowest BCUT2D eigenvalue weighted by atomic mass is 9.90. The van der Waals surface area contributed by atoms with E-state index in [2.05, 4.69) is 54.4 Å². The fourth-order valence-electron chi connectivity index (χ4n) is 2.73. The van der Waals surface area contributed by atoms with Crippen LogP contribution < -0.4 is 5.32 Å². The highest BCUT2D eigenvalue weighted by Crippen LogP contribution is 2.30. The van der Waals surface area contributed by atoms with E-state index in [0.29, 0.717) is 6.04 Å². The lowest BCUT2D eigenvalue weighted by Gasteiger charge is -2.38. The minimum absolute atomic E-state index is 0.586. The van der Waals surface area contributed by atoms with Crippen molar-refractivity contribution in [2.75, 3.05) is 26.2 Å². The van der Waals surface area contributed by atoms with Crippen LogP contribution in [0.15, 0.2) is 30.3 Å².